The molecule has 0 atom stereocenters. The highest BCUT2D eigenvalue weighted by Crippen LogP contribution is 2.35. The van der Waals surface area contributed by atoms with Gasteiger partial charge in [0.15, 0.2) is 0 Å². The molecule has 14 heavy (non-hydrogen) atoms. The van der Waals surface area contributed by atoms with E-state index in [4.69, 9.17) is 4.74 Å². The van der Waals surface area contributed by atoms with Crippen LogP contribution in [0.3, 0.4) is 0 Å². The minimum absolute atomic E-state index is 0.150. The zero-order chi connectivity index (χ0) is 11.4. The van der Waals surface area contributed by atoms with Crippen LogP contribution in [-0.2, 0) is 4.74 Å². The molecule has 0 saturated heterocycles. The summed E-state index contributed by atoms with van der Waals surface area (Å²) in [6.45, 7) is 13.9. The number of rotatable bonds is 4. The first kappa shape index (κ1) is 13.4. The van der Waals surface area contributed by atoms with Gasteiger partial charge in [-0.3, -0.25) is 0 Å². The summed E-state index contributed by atoms with van der Waals surface area (Å²) in [6.07, 6.45) is 2.16. The van der Waals surface area contributed by atoms with Crippen molar-refractivity contribution in [2.45, 2.75) is 41.5 Å². The normalized spacial score (nSPS) is 12.9. The lowest BCUT2D eigenvalue weighted by Gasteiger charge is -2.28. The number of allylic oxidation sites excluding steroid dienone is 3. The van der Waals surface area contributed by atoms with Gasteiger partial charge in [-0.25, -0.2) is 0 Å². The van der Waals surface area contributed by atoms with E-state index in [9.17, 15) is 0 Å². The van der Waals surface area contributed by atoms with Gasteiger partial charge in [-0.05, 0) is 27.7 Å². The fraction of sp³-hybridized carbons (Fsp3) is 0.692. The fourth-order valence-corrected chi connectivity index (χ4v) is 1.38. The summed E-state index contributed by atoms with van der Waals surface area (Å²) >= 11 is 0. The van der Waals surface area contributed by atoms with E-state index < -0.39 is 0 Å². The Morgan fingerprint density at radius 3 is 2.00 bits per heavy atom. The van der Waals surface area contributed by atoms with Gasteiger partial charge in [0.25, 0.3) is 0 Å². The molecule has 0 amide bonds. The molecule has 0 unspecified atom stereocenters. The molecule has 0 aliphatic rings. The van der Waals surface area contributed by atoms with E-state index in [1.165, 1.54) is 16.7 Å². The summed E-state index contributed by atoms with van der Waals surface area (Å²) in [5.74, 6) is 0. The van der Waals surface area contributed by atoms with Crippen LogP contribution >= 0.6 is 0 Å². The Kier molecular flexibility index (Phi) is 5.14. The van der Waals surface area contributed by atoms with Crippen LogP contribution in [0.5, 0.6) is 0 Å². The highest BCUT2D eigenvalue weighted by Gasteiger charge is 2.22. The van der Waals surface area contributed by atoms with Crippen LogP contribution in [-0.4, -0.2) is 13.7 Å². The summed E-state index contributed by atoms with van der Waals surface area (Å²) in [4.78, 5) is 0. The average molecular weight is 196 g/mol. The third-order valence-corrected chi connectivity index (χ3v) is 3.23. The summed E-state index contributed by atoms with van der Waals surface area (Å²) < 4.78 is 5.06. The Labute approximate surface area is 88.9 Å². The smallest absolute Gasteiger partial charge is 0.0646 e. The second-order valence-corrected chi connectivity index (χ2v) is 4.59. The van der Waals surface area contributed by atoms with Crippen molar-refractivity contribution in [1.82, 2.24) is 0 Å². The Morgan fingerprint density at radius 1 is 1.14 bits per heavy atom. The zero-order valence-electron chi connectivity index (χ0n) is 10.7. The Morgan fingerprint density at radius 2 is 1.64 bits per heavy atom. The van der Waals surface area contributed by atoms with Gasteiger partial charge >= 0.3 is 0 Å². The minimum Gasteiger partial charge on any atom is -0.381 e. The molecule has 0 rings (SSSR count). The first-order valence-corrected chi connectivity index (χ1v) is 5.14. The maximum atomic E-state index is 5.06. The first-order chi connectivity index (χ1) is 6.34. The molecule has 0 aromatic rings. The van der Waals surface area contributed by atoms with E-state index in [0.29, 0.717) is 6.61 Å². The molecule has 0 aromatic carbocycles. The molecule has 1 heteroatoms. The number of ether oxygens (including phenoxy) is 1. The Hall–Kier alpha value is -0.560. The Bertz CT molecular complexity index is 240. The molecule has 0 radical (unpaired) electrons. The van der Waals surface area contributed by atoms with E-state index in [2.05, 4.69) is 47.6 Å². The predicted molar refractivity (Wildman–Crippen MR) is 63.5 cm³/mol. The van der Waals surface area contributed by atoms with Crippen molar-refractivity contribution in [3.8, 4) is 0 Å². The van der Waals surface area contributed by atoms with Crippen LogP contribution in [0.4, 0.5) is 0 Å². The molecule has 82 valence electrons. The average Bonchev–Trinajstić information content (AvgIpc) is 2.12. The van der Waals surface area contributed by atoms with Gasteiger partial charge in [-0.15, -0.1) is 0 Å². The maximum absolute atomic E-state index is 5.06. The third-order valence-electron chi connectivity index (χ3n) is 3.23. The molecule has 0 bridgehead atoms. The van der Waals surface area contributed by atoms with Crippen molar-refractivity contribution in [2.75, 3.05) is 13.7 Å². The van der Waals surface area contributed by atoms with Crippen molar-refractivity contribution in [3.05, 3.63) is 22.8 Å². The molecule has 0 spiro atoms. The summed E-state index contributed by atoms with van der Waals surface area (Å²) in [6, 6.07) is 0. The quantitative estimate of drug-likeness (QED) is 0.618. The molecular formula is C13H24O. The molecule has 0 aliphatic heterocycles. The number of hydrogen-bond donors (Lipinski definition) is 0. The van der Waals surface area contributed by atoms with Gasteiger partial charge in [-0.2, -0.15) is 0 Å². The van der Waals surface area contributed by atoms with Crippen molar-refractivity contribution < 1.29 is 4.74 Å². The summed E-state index contributed by atoms with van der Waals surface area (Å²) in [7, 11) is 1.73. The molecule has 0 aliphatic carbocycles. The SMILES string of the molecule is COC/C=C(\C)C(C)(C)C(C)=C(C)C. The van der Waals surface area contributed by atoms with Gasteiger partial charge in [0.1, 0.15) is 0 Å². The molecule has 0 N–H and O–H groups in total. The standard InChI is InChI=1S/C13H24O/c1-10(2)12(4)13(5,6)11(3)8-9-14-7/h8H,9H2,1-7H3/b11-8+. The number of methoxy groups -OCH3 is 1. The molecule has 0 saturated carbocycles. The van der Waals surface area contributed by atoms with E-state index >= 15 is 0 Å². The maximum Gasteiger partial charge on any atom is 0.0646 e. The molecule has 0 heterocycles. The largest absolute Gasteiger partial charge is 0.381 e. The fourth-order valence-electron chi connectivity index (χ4n) is 1.38. The van der Waals surface area contributed by atoms with Crippen LogP contribution in [0.1, 0.15) is 41.5 Å². The van der Waals surface area contributed by atoms with Gasteiger partial charge in [-0.1, -0.05) is 36.6 Å². The Balaban J connectivity index is 4.87. The van der Waals surface area contributed by atoms with Gasteiger partial charge < -0.3 is 4.74 Å². The van der Waals surface area contributed by atoms with E-state index in [-0.39, 0.29) is 5.41 Å². The second kappa shape index (κ2) is 5.35. The van der Waals surface area contributed by atoms with Crippen molar-refractivity contribution in [3.63, 3.8) is 0 Å². The predicted octanol–water partition coefficient (Wildman–Crippen LogP) is 3.96. The van der Waals surface area contributed by atoms with Gasteiger partial charge in [0.2, 0.25) is 0 Å². The van der Waals surface area contributed by atoms with Crippen molar-refractivity contribution >= 4 is 0 Å². The highest BCUT2D eigenvalue weighted by molar-refractivity contribution is 5.27. The van der Waals surface area contributed by atoms with Crippen LogP contribution in [0.15, 0.2) is 22.8 Å². The second-order valence-electron chi connectivity index (χ2n) is 4.59. The lowest BCUT2D eigenvalue weighted by Crippen LogP contribution is -2.16. The molecule has 0 aromatic heterocycles. The summed E-state index contributed by atoms with van der Waals surface area (Å²) in [5, 5.41) is 0. The lowest BCUT2D eigenvalue weighted by atomic mass is 9.77. The van der Waals surface area contributed by atoms with E-state index in [1.807, 2.05) is 0 Å². The third kappa shape index (κ3) is 3.30. The van der Waals surface area contributed by atoms with Gasteiger partial charge in [0, 0.05) is 12.5 Å². The van der Waals surface area contributed by atoms with Crippen molar-refractivity contribution in [1.29, 1.82) is 0 Å². The topological polar surface area (TPSA) is 9.23 Å². The summed E-state index contributed by atoms with van der Waals surface area (Å²) in [5.41, 5.74) is 4.37. The van der Waals surface area contributed by atoms with Crippen LogP contribution in [0.25, 0.3) is 0 Å². The zero-order valence-corrected chi connectivity index (χ0v) is 10.7. The molecule has 1 nitrogen and oxygen atoms in total. The van der Waals surface area contributed by atoms with Crippen LogP contribution < -0.4 is 0 Å². The van der Waals surface area contributed by atoms with E-state index in [0.717, 1.165) is 0 Å². The van der Waals surface area contributed by atoms with Gasteiger partial charge in [0.05, 0.1) is 6.61 Å². The first-order valence-electron chi connectivity index (χ1n) is 5.14. The molecule has 0 fully saturated rings. The lowest BCUT2D eigenvalue weighted by molar-refractivity contribution is 0.232. The monoisotopic (exact) mass is 196 g/mol. The number of hydrogen-bond acceptors (Lipinski definition) is 1. The highest BCUT2D eigenvalue weighted by atomic mass is 16.5. The van der Waals surface area contributed by atoms with Crippen LogP contribution in [0, 0.1) is 5.41 Å². The van der Waals surface area contributed by atoms with Crippen LogP contribution in [0.2, 0.25) is 0 Å². The molecular weight excluding hydrogens is 172 g/mol. The van der Waals surface area contributed by atoms with Crippen molar-refractivity contribution in [2.24, 2.45) is 5.41 Å². The minimum atomic E-state index is 0.150. The van der Waals surface area contributed by atoms with E-state index in [1.54, 1.807) is 7.11 Å².